The van der Waals surface area contributed by atoms with Gasteiger partial charge in [-0.3, -0.25) is 4.79 Å². The molecule has 110 valence electrons. The number of nitrogens with two attached hydrogens (primary N) is 1. The van der Waals surface area contributed by atoms with Gasteiger partial charge in [0.05, 0.1) is 11.7 Å². The molecule has 5 heteroatoms. The minimum Gasteiger partial charge on any atom is -0.329 e. The average Bonchev–Trinajstić information content (AvgIpc) is 3.23. The Hall–Kier alpha value is -1.88. The lowest BCUT2D eigenvalue weighted by atomic mass is 10.0. The molecule has 2 aromatic heterocycles. The quantitative estimate of drug-likeness (QED) is 0.915. The number of likely N-dealkylation sites (tertiary alicyclic amines) is 1. The number of hydrogen-bond donors (Lipinski definition) is 1. The third kappa shape index (κ3) is 2.21. The molecule has 0 spiro atoms. The summed E-state index contributed by atoms with van der Waals surface area (Å²) >= 11 is 0. The van der Waals surface area contributed by atoms with Gasteiger partial charge in [-0.1, -0.05) is 6.07 Å². The van der Waals surface area contributed by atoms with Crippen molar-refractivity contribution in [1.82, 2.24) is 14.3 Å². The van der Waals surface area contributed by atoms with Gasteiger partial charge in [0.25, 0.3) is 0 Å². The molecule has 1 aliphatic heterocycles. The number of imidazole rings is 1. The zero-order chi connectivity index (χ0) is 14.4. The summed E-state index contributed by atoms with van der Waals surface area (Å²) < 4.78 is 2.00. The van der Waals surface area contributed by atoms with E-state index in [1.165, 1.54) is 0 Å². The second-order valence-corrected chi connectivity index (χ2v) is 6.16. The fraction of sp³-hybridized carbons (Fsp3) is 0.500. The summed E-state index contributed by atoms with van der Waals surface area (Å²) in [7, 11) is 0. The van der Waals surface area contributed by atoms with E-state index in [1.807, 2.05) is 39.9 Å². The van der Waals surface area contributed by atoms with E-state index in [4.69, 9.17) is 10.7 Å². The second kappa shape index (κ2) is 4.84. The molecule has 21 heavy (non-hydrogen) atoms. The largest absolute Gasteiger partial charge is 0.329 e. The lowest BCUT2D eigenvalue weighted by molar-refractivity contribution is -0.134. The van der Waals surface area contributed by atoms with Gasteiger partial charge < -0.3 is 15.0 Å². The Bertz CT molecular complexity index is 643. The van der Waals surface area contributed by atoms with Crippen molar-refractivity contribution in [3.05, 3.63) is 36.3 Å². The van der Waals surface area contributed by atoms with Gasteiger partial charge in [-0.2, -0.15) is 0 Å². The van der Waals surface area contributed by atoms with Crippen molar-refractivity contribution in [3.8, 4) is 0 Å². The molecule has 1 amide bonds. The highest BCUT2D eigenvalue weighted by Gasteiger charge is 2.42. The van der Waals surface area contributed by atoms with E-state index in [9.17, 15) is 4.79 Å². The predicted octanol–water partition coefficient (Wildman–Crippen LogP) is 1.88. The molecule has 0 radical (unpaired) electrons. The topological polar surface area (TPSA) is 63.6 Å². The SMILES string of the molecule is NC1CCCC(=O)N(C2CC2)C1c1cn2ccccc2n1. The van der Waals surface area contributed by atoms with Crippen molar-refractivity contribution in [2.45, 2.75) is 50.2 Å². The maximum absolute atomic E-state index is 12.5. The Labute approximate surface area is 123 Å². The average molecular weight is 284 g/mol. The highest BCUT2D eigenvalue weighted by atomic mass is 16.2. The fourth-order valence-corrected chi connectivity index (χ4v) is 3.38. The number of rotatable bonds is 2. The lowest BCUT2D eigenvalue weighted by Crippen LogP contribution is -2.43. The van der Waals surface area contributed by atoms with Crippen molar-refractivity contribution in [2.24, 2.45) is 5.73 Å². The van der Waals surface area contributed by atoms with Crippen LogP contribution < -0.4 is 5.73 Å². The Kier molecular flexibility index (Phi) is 2.96. The Balaban J connectivity index is 1.79. The number of nitrogens with zero attached hydrogens (tertiary/aromatic N) is 3. The number of amides is 1. The molecular weight excluding hydrogens is 264 g/mol. The normalized spacial score (nSPS) is 27.1. The van der Waals surface area contributed by atoms with Crippen molar-refractivity contribution in [1.29, 1.82) is 0 Å². The molecule has 2 N–H and O–H groups in total. The van der Waals surface area contributed by atoms with Crippen LogP contribution in [0.4, 0.5) is 0 Å². The van der Waals surface area contributed by atoms with Gasteiger partial charge in [-0.05, 0) is 37.8 Å². The standard InChI is InChI=1S/C16H20N4O/c17-12-4-3-6-15(21)20(11-7-8-11)16(12)13-10-19-9-2-1-5-14(19)18-13/h1-2,5,9-12,16H,3-4,6-8,17H2. The summed E-state index contributed by atoms with van der Waals surface area (Å²) in [5.41, 5.74) is 8.24. The first-order chi connectivity index (χ1) is 10.2. The summed E-state index contributed by atoms with van der Waals surface area (Å²) in [5.74, 6) is 0.243. The Morgan fingerprint density at radius 3 is 2.86 bits per heavy atom. The molecule has 2 aliphatic rings. The zero-order valence-corrected chi connectivity index (χ0v) is 12.0. The summed E-state index contributed by atoms with van der Waals surface area (Å²) in [6, 6.07) is 6.21. The predicted molar refractivity (Wildman–Crippen MR) is 79.6 cm³/mol. The molecule has 1 saturated carbocycles. The van der Waals surface area contributed by atoms with E-state index < -0.39 is 0 Å². The molecule has 0 bridgehead atoms. The monoisotopic (exact) mass is 284 g/mol. The molecule has 2 fully saturated rings. The number of aromatic nitrogens is 2. The summed E-state index contributed by atoms with van der Waals surface area (Å²) in [5, 5.41) is 0. The minimum atomic E-state index is -0.0765. The lowest BCUT2D eigenvalue weighted by Gasteiger charge is -2.32. The van der Waals surface area contributed by atoms with Crippen LogP contribution in [0.5, 0.6) is 0 Å². The minimum absolute atomic E-state index is 0.0260. The van der Waals surface area contributed by atoms with Crippen LogP contribution in [0.3, 0.4) is 0 Å². The number of fused-ring (bicyclic) bond motifs is 1. The van der Waals surface area contributed by atoms with E-state index in [1.54, 1.807) is 0 Å². The van der Waals surface area contributed by atoms with Crippen LogP contribution in [-0.4, -0.2) is 32.3 Å². The van der Waals surface area contributed by atoms with Crippen LogP contribution in [0.1, 0.15) is 43.8 Å². The summed E-state index contributed by atoms with van der Waals surface area (Å²) in [6.45, 7) is 0. The fourth-order valence-electron chi connectivity index (χ4n) is 3.38. The van der Waals surface area contributed by atoms with Crippen LogP contribution in [0, 0.1) is 0 Å². The Morgan fingerprint density at radius 2 is 2.10 bits per heavy atom. The van der Waals surface area contributed by atoms with Crippen molar-refractivity contribution < 1.29 is 4.79 Å². The van der Waals surface area contributed by atoms with Crippen LogP contribution in [0.2, 0.25) is 0 Å². The van der Waals surface area contributed by atoms with Gasteiger partial charge in [-0.25, -0.2) is 4.98 Å². The molecule has 5 nitrogen and oxygen atoms in total. The van der Waals surface area contributed by atoms with E-state index in [-0.39, 0.29) is 18.0 Å². The van der Waals surface area contributed by atoms with Gasteiger partial charge in [0.1, 0.15) is 5.65 Å². The number of pyridine rings is 1. The first-order valence-corrected chi connectivity index (χ1v) is 7.74. The van der Waals surface area contributed by atoms with Crippen molar-refractivity contribution in [3.63, 3.8) is 0 Å². The van der Waals surface area contributed by atoms with E-state index >= 15 is 0 Å². The smallest absolute Gasteiger partial charge is 0.223 e. The maximum atomic E-state index is 12.5. The third-order valence-electron chi connectivity index (χ3n) is 4.55. The van der Waals surface area contributed by atoms with Crippen LogP contribution in [0.15, 0.2) is 30.6 Å². The number of carbonyl (C=O) groups excluding carboxylic acids is 1. The molecule has 2 unspecified atom stereocenters. The molecule has 3 heterocycles. The van der Waals surface area contributed by atoms with E-state index in [0.29, 0.717) is 12.5 Å². The highest BCUT2D eigenvalue weighted by molar-refractivity contribution is 5.78. The maximum Gasteiger partial charge on any atom is 0.223 e. The van der Waals surface area contributed by atoms with Crippen LogP contribution >= 0.6 is 0 Å². The molecule has 1 saturated heterocycles. The van der Waals surface area contributed by atoms with E-state index in [2.05, 4.69) is 0 Å². The molecule has 4 rings (SSSR count). The van der Waals surface area contributed by atoms with E-state index in [0.717, 1.165) is 37.0 Å². The van der Waals surface area contributed by atoms with Gasteiger partial charge in [0, 0.05) is 30.9 Å². The van der Waals surface area contributed by atoms with Crippen molar-refractivity contribution in [2.75, 3.05) is 0 Å². The molecule has 2 atom stereocenters. The molecular formula is C16H20N4O. The van der Waals surface area contributed by atoms with Gasteiger partial charge in [0.2, 0.25) is 5.91 Å². The first kappa shape index (κ1) is 12.8. The Morgan fingerprint density at radius 1 is 1.24 bits per heavy atom. The van der Waals surface area contributed by atoms with Gasteiger partial charge >= 0.3 is 0 Å². The second-order valence-electron chi connectivity index (χ2n) is 6.16. The van der Waals surface area contributed by atoms with Gasteiger partial charge in [-0.15, -0.1) is 0 Å². The highest BCUT2D eigenvalue weighted by Crippen LogP contribution is 2.38. The first-order valence-electron chi connectivity index (χ1n) is 7.74. The number of carbonyl (C=O) groups is 1. The summed E-state index contributed by atoms with van der Waals surface area (Å²) in [4.78, 5) is 19.2. The molecule has 1 aliphatic carbocycles. The third-order valence-corrected chi connectivity index (χ3v) is 4.55. The van der Waals surface area contributed by atoms with Crippen molar-refractivity contribution >= 4 is 11.6 Å². The number of hydrogen-bond acceptors (Lipinski definition) is 3. The van der Waals surface area contributed by atoms with Gasteiger partial charge in [0.15, 0.2) is 0 Å². The molecule has 2 aromatic rings. The van der Waals surface area contributed by atoms with Crippen LogP contribution in [-0.2, 0) is 4.79 Å². The summed E-state index contributed by atoms with van der Waals surface area (Å²) in [6.07, 6.45) is 8.59. The zero-order valence-electron chi connectivity index (χ0n) is 12.0. The molecule has 0 aromatic carbocycles. The van der Waals surface area contributed by atoms with Crippen LogP contribution in [0.25, 0.3) is 5.65 Å².